The fourth-order valence-electron chi connectivity index (χ4n) is 2.80. The first-order valence-corrected chi connectivity index (χ1v) is 8.01. The number of halogens is 1. The van der Waals surface area contributed by atoms with Crippen molar-refractivity contribution in [2.24, 2.45) is 0 Å². The van der Waals surface area contributed by atoms with Crippen molar-refractivity contribution < 1.29 is 4.42 Å². The average molecular weight is 366 g/mol. The minimum atomic E-state index is -0.340. The highest BCUT2D eigenvalue weighted by Gasteiger charge is 2.09. The van der Waals surface area contributed by atoms with Gasteiger partial charge in [0.25, 0.3) is 0 Å². The molecule has 0 aliphatic carbocycles. The number of hydrogen-bond acceptors (Lipinski definition) is 3. The van der Waals surface area contributed by atoms with Gasteiger partial charge in [-0.25, -0.2) is 9.78 Å². The molecule has 0 saturated heterocycles. The topological polar surface area (TPSA) is 43.1 Å². The fraction of sp³-hybridized carbons (Fsp3) is 0.0526. The Morgan fingerprint density at radius 3 is 2.52 bits per heavy atom. The third-order valence-corrected chi connectivity index (χ3v) is 4.43. The molecule has 0 unspecified atom stereocenters. The van der Waals surface area contributed by atoms with E-state index in [4.69, 9.17) is 9.40 Å². The summed E-state index contributed by atoms with van der Waals surface area (Å²) in [6.45, 7) is 2.04. The molecular weight excluding hydrogens is 354 g/mol. The summed E-state index contributed by atoms with van der Waals surface area (Å²) in [5, 5.41) is 1.89. The number of fused-ring (bicyclic) bond motifs is 3. The number of aromatic nitrogens is 1. The first-order chi connectivity index (χ1) is 11.1. The lowest BCUT2D eigenvalue weighted by atomic mass is 10.0. The van der Waals surface area contributed by atoms with Crippen LogP contribution in [-0.2, 0) is 0 Å². The second-order valence-corrected chi connectivity index (χ2v) is 6.37. The summed E-state index contributed by atoms with van der Waals surface area (Å²) in [6, 6.07) is 17.1. The van der Waals surface area contributed by atoms with Gasteiger partial charge in [0.1, 0.15) is 5.58 Å². The van der Waals surface area contributed by atoms with Crippen LogP contribution in [0.2, 0.25) is 0 Å². The molecule has 0 spiro atoms. The maximum absolute atomic E-state index is 11.4. The molecule has 0 aliphatic rings. The molecule has 0 N–H and O–H groups in total. The molecule has 0 fully saturated rings. The van der Waals surface area contributed by atoms with E-state index in [9.17, 15) is 4.79 Å². The van der Waals surface area contributed by atoms with Gasteiger partial charge in [-0.05, 0) is 48.9 Å². The van der Waals surface area contributed by atoms with Crippen LogP contribution in [0.15, 0.2) is 68.3 Å². The number of aryl methyl sites for hydroxylation is 1. The molecule has 2 heterocycles. The van der Waals surface area contributed by atoms with Gasteiger partial charge in [-0.1, -0.05) is 28.1 Å². The highest BCUT2D eigenvalue weighted by Crippen LogP contribution is 2.29. The molecule has 3 nitrogen and oxygen atoms in total. The number of nitrogens with zero attached hydrogens (tertiary/aromatic N) is 1. The Morgan fingerprint density at radius 2 is 1.74 bits per heavy atom. The first-order valence-electron chi connectivity index (χ1n) is 7.22. The quantitative estimate of drug-likeness (QED) is 0.349. The monoisotopic (exact) mass is 365 g/mol. The van der Waals surface area contributed by atoms with Crippen molar-refractivity contribution in [3.8, 4) is 11.3 Å². The van der Waals surface area contributed by atoms with E-state index >= 15 is 0 Å². The van der Waals surface area contributed by atoms with E-state index in [1.54, 1.807) is 12.1 Å². The lowest BCUT2D eigenvalue weighted by Crippen LogP contribution is -1.96. The molecule has 23 heavy (non-hydrogen) atoms. The molecule has 0 bridgehead atoms. The van der Waals surface area contributed by atoms with E-state index in [1.165, 1.54) is 6.07 Å². The van der Waals surface area contributed by atoms with Gasteiger partial charge < -0.3 is 4.42 Å². The van der Waals surface area contributed by atoms with Crippen LogP contribution in [-0.4, -0.2) is 4.98 Å². The number of benzene rings is 2. The zero-order valence-electron chi connectivity index (χ0n) is 12.3. The Balaban J connectivity index is 2.01. The third-order valence-electron chi connectivity index (χ3n) is 3.91. The summed E-state index contributed by atoms with van der Waals surface area (Å²) in [5.74, 6) is 0. The van der Waals surface area contributed by atoms with Crippen molar-refractivity contribution in [3.63, 3.8) is 0 Å². The van der Waals surface area contributed by atoms with Gasteiger partial charge in [0.15, 0.2) is 0 Å². The van der Waals surface area contributed by atoms with E-state index < -0.39 is 0 Å². The normalized spacial score (nSPS) is 11.2. The molecule has 112 valence electrons. The first kappa shape index (κ1) is 14.2. The van der Waals surface area contributed by atoms with Crippen LogP contribution in [0.5, 0.6) is 0 Å². The Bertz CT molecular complexity index is 1100. The minimum Gasteiger partial charge on any atom is -0.423 e. The van der Waals surface area contributed by atoms with Gasteiger partial charge in [0.05, 0.1) is 11.2 Å². The lowest BCUT2D eigenvalue weighted by Gasteiger charge is -2.09. The molecule has 0 amide bonds. The number of hydrogen-bond donors (Lipinski definition) is 0. The zero-order valence-corrected chi connectivity index (χ0v) is 13.9. The summed E-state index contributed by atoms with van der Waals surface area (Å²) in [4.78, 5) is 16.2. The van der Waals surface area contributed by atoms with Crippen molar-refractivity contribution in [1.82, 2.24) is 4.98 Å². The maximum Gasteiger partial charge on any atom is 0.336 e. The van der Waals surface area contributed by atoms with Crippen LogP contribution >= 0.6 is 15.9 Å². The molecule has 4 aromatic rings. The Labute approximate surface area is 140 Å². The fourth-order valence-corrected chi connectivity index (χ4v) is 3.07. The molecule has 0 saturated carbocycles. The second kappa shape index (κ2) is 5.32. The molecule has 2 aromatic heterocycles. The summed E-state index contributed by atoms with van der Waals surface area (Å²) < 4.78 is 6.29. The Morgan fingerprint density at radius 1 is 0.957 bits per heavy atom. The SMILES string of the molecule is Cc1cc2c(ccc3oc(=O)ccc32)nc1-c1ccc(Br)cc1. The van der Waals surface area contributed by atoms with Crippen LogP contribution in [0.1, 0.15) is 5.56 Å². The highest BCUT2D eigenvalue weighted by atomic mass is 79.9. The van der Waals surface area contributed by atoms with Gasteiger partial charge >= 0.3 is 5.63 Å². The van der Waals surface area contributed by atoms with Crippen LogP contribution in [0, 0.1) is 6.92 Å². The summed E-state index contributed by atoms with van der Waals surface area (Å²) >= 11 is 3.45. The van der Waals surface area contributed by atoms with Crippen molar-refractivity contribution in [2.45, 2.75) is 6.92 Å². The molecule has 0 radical (unpaired) electrons. The van der Waals surface area contributed by atoms with Gasteiger partial charge in [0.2, 0.25) is 0 Å². The summed E-state index contributed by atoms with van der Waals surface area (Å²) in [6.07, 6.45) is 0. The van der Waals surface area contributed by atoms with Crippen LogP contribution in [0.25, 0.3) is 33.1 Å². The predicted octanol–water partition coefficient (Wildman–Crippen LogP) is 5.08. The number of pyridine rings is 1. The minimum absolute atomic E-state index is 0.340. The third kappa shape index (κ3) is 2.45. The Kier molecular flexibility index (Phi) is 3.27. The van der Waals surface area contributed by atoms with Gasteiger partial charge in [-0.15, -0.1) is 0 Å². The summed E-state index contributed by atoms with van der Waals surface area (Å²) in [7, 11) is 0. The van der Waals surface area contributed by atoms with E-state index in [0.717, 1.165) is 37.6 Å². The lowest BCUT2D eigenvalue weighted by molar-refractivity contribution is 0.561. The maximum atomic E-state index is 11.4. The smallest absolute Gasteiger partial charge is 0.336 e. The average Bonchev–Trinajstić information content (AvgIpc) is 2.55. The van der Waals surface area contributed by atoms with Crippen molar-refractivity contribution in [2.75, 3.05) is 0 Å². The molecule has 0 atom stereocenters. The van der Waals surface area contributed by atoms with Crippen LogP contribution in [0.3, 0.4) is 0 Å². The highest BCUT2D eigenvalue weighted by molar-refractivity contribution is 9.10. The van der Waals surface area contributed by atoms with E-state index in [0.29, 0.717) is 5.58 Å². The molecule has 4 heteroatoms. The van der Waals surface area contributed by atoms with Crippen LogP contribution < -0.4 is 5.63 Å². The van der Waals surface area contributed by atoms with E-state index in [2.05, 4.69) is 22.0 Å². The molecule has 2 aromatic carbocycles. The zero-order chi connectivity index (χ0) is 16.0. The van der Waals surface area contributed by atoms with Gasteiger partial charge in [0, 0.05) is 26.9 Å². The second-order valence-electron chi connectivity index (χ2n) is 5.46. The summed E-state index contributed by atoms with van der Waals surface area (Å²) in [5.41, 5.74) is 4.25. The standard InChI is InChI=1S/C19H12BrNO2/c1-11-10-15-14-6-9-18(22)23-17(14)8-7-16(15)21-19(11)12-2-4-13(20)5-3-12/h2-10H,1H3. The van der Waals surface area contributed by atoms with Crippen molar-refractivity contribution >= 4 is 37.8 Å². The Hall–Kier alpha value is -2.46. The largest absolute Gasteiger partial charge is 0.423 e. The molecular formula is C19H12BrNO2. The van der Waals surface area contributed by atoms with Gasteiger partial charge in [-0.2, -0.15) is 0 Å². The van der Waals surface area contributed by atoms with Gasteiger partial charge in [-0.3, -0.25) is 0 Å². The van der Waals surface area contributed by atoms with Crippen LogP contribution in [0.4, 0.5) is 0 Å². The molecule has 4 rings (SSSR count). The van der Waals surface area contributed by atoms with Crippen molar-refractivity contribution in [3.05, 3.63) is 75.1 Å². The number of rotatable bonds is 1. The van der Waals surface area contributed by atoms with Crippen molar-refractivity contribution in [1.29, 1.82) is 0 Å². The predicted molar refractivity (Wildman–Crippen MR) is 95.7 cm³/mol. The molecule has 0 aliphatic heterocycles. The van der Waals surface area contributed by atoms with E-state index in [1.807, 2.05) is 37.3 Å². The van der Waals surface area contributed by atoms with E-state index in [-0.39, 0.29) is 5.63 Å².